The fraction of sp³-hybridized carbons (Fsp3) is 0.571. The molecule has 2 rings (SSSR count). The number of likely N-dealkylation sites (tertiary alicyclic amines) is 1. The Morgan fingerprint density at radius 1 is 1.20 bits per heavy atom. The fourth-order valence-corrected chi connectivity index (χ4v) is 2.59. The second-order valence-electron chi connectivity index (χ2n) is 4.47. The van der Waals surface area contributed by atoms with Crippen molar-refractivity contribution in [1.29, 1.82) is 0 Å². The Morgan fingerprint density at radius 3 is 2.53 bits per heavy atom. The quantitative estimate of drug-likeness (QED) is 0.727. The Morgan fingerprint density at radius 2 is 1.87 bits per heavy atom. The molecular weight excluding hydrogens is 182 g/mol. The summed E-state index contributed by atoms with van der Waals surface area (Å²) in [6, 6.07) is 9.48. The molecule has 1 atom stereocenters. The van der Waals surface area contributed by atoms with Crippen LogP contribution in [0.1, 0.15) is 43.9 Å². The van der Waals surface area contributed by atoms with Crippen LogP contribution in [-0.2, 0) is 6.42 Å². The monoisotopic (exact) mass is 203 g/mol. The van der Waals surface area contributed by atoms with Gasteiger partial charge in [-0.1, -0.05) is 31.2 Å². The van der Waals surface area contributed by atoms with E-state index in [0.717, 1.165) is 6.42 Å². The van der Waals surface area contributed by atoms with Crippen LogP contribution in [0.5, 0.6) is 0 Å². The highest BCUT2D eigenvalue weighted by atomic mass is 15.2. The molecule has 1 aromatic carbocycles. The van der Waals surface area contributed by atoms with Crippen molar-refractivity contribution in [3.8, 4) is 0 Å². The fourth-order valence-electron chi connectivity index (χ4n) is 2.59. The molecule has 0 aliphatic carbocycles. The average Bonchev–Trinajstić information content (AvgIpc) is 2.81. The minimum Gasteiger partial charge on any atom is -0.297 e. The molecule has 0 bridgehead atoms. The summed E-state index contributed by atoms with van der Waals surface area (Å²) in [5.74, 6) is 0. The summed E-state index contributed by atoms with van der Waals surface area (Å²) in [7, 11) is 0. The average molecular weight is 203 g/mol. The molecule has 1 heteroatoms. The van der Waals surface area contributed by atoms with E-state index in [1.165, 1.54) is 37.1 Å². The highest BCUT2D eigenvalue weighted by Crippen LogP contribution is 2.27. The summed E-state index contributed by atoms with van der Waals surface area (Å²) >= 11 is 0. The van der Waals surface area contributed by atoms with Crippen molar-refractivity contribution in [2.45, 2.75) is 39.2 Å². The maximum absolute atomic E-state index is 2.61. The van der Waals surface area contributed by atoms with Crippen LogP contribution in [0.15, 0.2) is 24.3 Å². The van der Waals surface area contributed by atoms with Crippen LogP contribution >= 0.6 is 0 Å². The van der Waals surface area contributed by atoms with Gasteiger partial charge in [0.15, 0.2) is 0 Å². The second kappa shape index (κ2) is 4.80. The first-order valence-corrected chi connectivity index (χ1v) is 6.14. The molecular formula is C14H21N. The van der Waals surface area contributed by atoms with Crippen LogP contribution in [0.3, 0.4) is 0 Å². The normalized spacial score (nSPS) is 19.3. The smallest absolute Gasteiger partial charge is 0.0322 e. The molecule has 0 saturated carbocycles. The molecule has 0 amide bonds. The first kappa shape index (κ1) is 10.7. The molecule has 1 saturated heterocycles. The molecule has 0 N–H and O–H groups in total. The Balaban J connectivity index is 2.19. The minimum absolute atomic E-state index is 0.601. The number of benzene rings is 1. The van der Waals surface area contributed by atoms with Crippen LogP contribution in [0.2, 0.25) is 0 Å². The topological polar surface area (TPSA) is 3.24 Å². The van der Waals surface area contributed by atoms with Gasteiger partial charge in [-0.25, -0.2) is 0 Å². The summed E-state index contributed by atoms with van der Waals surface area (Å²) in [5, 5.41) is 0. The minimum atomic E-state index is 0.601. The lowest BCUT2D eigenvalue weighted by Crippen LogP contribution is -2.24. The van der Waals surface area contributed by atoms with Gasteiger partial charge in [0.25, 0.3) is 0 Å². The summed E-state index contributed by atoms with van der Waals surface area (Å²) in [6.45, 7) is 7.15. The molecule has 1 nitrogen and oxygen atoms in total. The zero-order chi connectivity index (χ0) is 10.7. The standard InChI is InChI=1S/C14H21N/c1-3-13-8-4-5-9-14(13)12(2)15-10-6-7-11-15/h4-5,8-9,12H,3,6-7,10-11H2,1-2H3. The van der Waals surface area contributed by atoms with Crippen molar-refractivity contribution in [1.82, 2.24) is 4.90 Å². The van der Waals surface area contributed by atoms with Gasteiger partial charge in [0, 0.05) is 6.04 Å². The van der Waals surface area contributed by atoms with Crippen LogP contribution in [0, 0.1) is 0 Å². The van der Waals surface area contributed by atoms with E-state index in [1.54, 1.807) is 0 Å². The van der Waals surface area contributed by atoms with E-state index in [0.29, 0.717) is 6.04 Å². The van der Waals surface area contributed by atoms with E-state index >= 15 is 0 Å². The first-order chi connectivity index (χ1) is 7.33. The zero-order valence-corrected chi connectivity index (χ0v) is 9.87. The van der Waals surface area contributed by atoms with Gasteiger partial charge in [-0.15, -0.1) is 0 Å². The predicted molar refractivity (Wildman–Crippen MR) is 65.0 cm³/mol. The third-order valence-electron chi connectivity index (χ3n) is 3.57. The van der Waals surface area contributed by atoms with Crippen molar-refractivity contribution in [3.63, 3.8) is 0 Å². The molecule has 1 aliphatic heterocycles. The van der Waals surface area contributed by atoms with Crippen LogP contribution in [-0.4, -0.2) is 18.0 Å². The Kier molecular flexibility index (Phi) is 3.42. The van der Waals surface area contributed by atoms with Gasteiger partial charge in [-0.3, -0.25) is 4.90 Å². The maximum atomic E-state index is 2.61. The van der Waals surface area contributed by atoms with Gasteiger partial charge in [-0.2, -0.15) is 0 Å². The molecule has 0 radical (unpaired) electrons. The lowest BCUT2D eigenvalue weighted by molar-refractivity contribution is 0.262. The highest BCUT2D eigenvalue weighted by molar-refractivity contribution is 5.29. The molecule has 15 heavy (non-hydrogen) atoms. The van der Waals surface area contributed by atoms with Crippen LogP contribution in [0.25, 0.3) is 0 Å². The summed E-state index contributed by atoms with van der Waals surface area (Å²) in [5.41, 5.74) is 3.04. The van der Waals surface area contributed by atoms with Crippen molar-refractivity contribution in [2.75, 3.05) is 13.1 Å². The summed E-state index contributed by atoms with van der Waals surface area (Å²) in [6.07, 6.45) is 3.89. The summed E-state index contributed by atoms with van der Waals surface area (Å²) < 4.78 is 0. The number of aryl methyl sites for hydroxylation is 1. The number of hydrogen-bond acceptors (Lipinski definition) is 1. The zero-order valence-electron chi connectivity index (χ0n) is 9.87. The van der Waals surface area contributed by atoms with Crippen LogP contribution in [0.4, 0.5) is 0 Å². The van der Waals surface area contributed by atoms with E-state index in [9.17, 15) is 0 Å². The van der Waals surface area contributed by atoms with Gasteiger partial charge in [0.05, 0.1) is 0 Å². The lowest BCUT2D eigenvalue weighted by atomic mass is 9.99. The molecule has 0 spiro atoms. The summed E-state index contributed by atoms with van der Waals surface area (Å²) in [4.78, 5) is 2.61. The molecule has 1 heterocycles. The molecule has 0 aromatic heterocycles. The van der Waals surface area contributed by atoms with E-state index < -0.39 is 0 Å². The first-order valence-electron chi connectivity index (χ1n) is 6.14. The van der Waals surface area contributed by atoms with E-state index in [1.807, 2.05) is 0 Å². The van der Waals surface area contributed by atoms with Gasteiger partial charge in [0.1, 0.15) is 0 Å². The van der Waals surface area contributed by atoms with Crippen molar-refractivity contribution >= 4 is 0 Å². The van der Waals surface area contributed by atoms with Gasteiger partial charge < -0.3 is 0 Å². The van der Waals surface area contributed by atoms with Gasteiger partial charge >= 0.3 is 0 Å². The molecule has 1 unspecified atom stereocenters. The second-order valence-corrected chi connectivity index (χ2v) is 4.47. The van der Waals surface area contributed by atoms with E-state index in [4.69, 9.17) is 0 Å². The van der Waals surface area contributed by atoms with Crippen molar-refractivity contribution in [2.24, 2.45) is 0 Å². The molecule has 1 aromatic rings. The Hall–Kier alpha value is -0.820. The third kappa shape index (κ3) is 2.23. The number of hydrogen-bond donors (Lipinski definition) is 0. The van der Waals surface area contributed by atoms with E-state index in [-0.39, 0.29) is 0 Å². The van der Waals surface area contributed by atoms with Gasteiger partial charge in [0.2, 0.25) is 0 Å². The predicted octanol–water partition coefficient (Wildman–Crippen LogP) is 3.41. The molecule has 82 valence electrons. The van der Waals surface area contributed by atoms with Crippen molar-refractivity contribution < 1.29 is 0 Å². The van der Waals surface area contributed by atoms with Crippen molar-refractivity contribution in [3.05, 3.63) is 35.4 Å². The number of rotatable bonds is 3. The van der Waals surface area contributed by atoms with Crippen LogP contribution < -0.4 is 0 Å². The maximum Gasteiger partial charge on any atom is 0.0322 e. The Bertz CT molecular complexity index is 313. The molecule has 1 fully saturated rings. The molecule has 1 aliphatic rings. The Labute approximate surface area is 93.1 Å². The number of nitrogens with zero attached hydrogens (tertiary/aromatic N) is 1. The lowest BCUT2D eigenvalue weighted by Gasteiger charge is -2.25. The van der Waals surface area contributed by atoms with E-state index in [2.05, 4.69) is 43.0 Å². The van der Waals surface area contributed by atoms with Gasteiger partial charge in [-0.05, 0) is 50.4 Å². The third-order valence-corrected chi connectivity index (χ3v) is 3.57. The SMILES string of the molecule is CCc1ccccc1C(C)N1CCCC1. The largest absolute Gasteiger partial charge is 0.297 e. The highest BCUT2D eigenvalue weighted by Gasteiger charge is 2.20.